The zero-order valence-corrected chi connectivity index (χ0v) is 18.0. The first-order chi connectivity index (χ1) is 14.3. The molecule has 2 aliphatic rings. The first-order valence-electron chi connectivity index (χ1n) is 10.8. The molecule has 1 unspecified atom stereocenters. The standard InChI is InChI=1S/C24H32N2O4/c1-24(2,29)11-10-19-5-3-7-21(17-19)23(28)26-12-4-6-20(18-26)8-9-22(27)25-13-15-30-16-14-25/h3,5,7,17,20,29H,4,6,8-9,12-16,18H2,1-2H3. The quantitative estimate of drug-likeness (QED) is 0.771. The molecule has 6 nitrogen and oxygen atoms in total. The third kappa shape index (κ3) is 6.58. The van der Waals surface area contributed by atoms with Crippen LogP contribution in [-0.4, -0.2) is 71.7 Å². The van der Waals surface area contributed by atoms with E-state index in [-0.39, 0.29) is 11.8 Å². The van der Waals surface area contributed by atoms with Crippen LogP contribution in [0, 0.1) is 17.8 Å². The van der Waals surface area contributed by atoms with Crippen LogP contribution in [-0.2, 0) is 9.53 Å². The van der Waals surface area contributed by atoms with Crippen molar-refractivity contribution in [1.82, 2.24) is 9.80 Å². The Morgan fingerprint density at radius 3 is 2.70 bits per heavy atom. The number of hydrogen-bond acceptors (Lipinski definition) is 4. The number of likely N-dealkylation sites (tertiary alicyclic amines) is 1. The molecule has 6 heteroatoms. The molecule has 2 fully saturated rings. The molecule has 1 aromatic rings. The van der Waals surface area contributed by atoms with Crippen molar-refractivity contribution in [3.8, 4) is 11.8 Å². The average molecular weight is 413 g/mol. The van der Waals surface area contributed by atoms with E-state index >= 15 is 0 Å². The Kier molecular flexibility index (Phi) is 7.52. The van der Waals surface area contributed by atoms with Gasteiger partial charge in [0.1, 0.15) is 5.60 Å². The topological polar surface area (TPSA) is 70.1 Å². The molecule has 0 radical (unpaired) electrons. The van der Waals surface area contributed by atoms with Gasteiger partial charge in [-0.15, -0.1) is 0 Å². The van der Waals surface area contributed by atoms with Crippen molar-refractivity contribution in [2.45, 2.75) is 45.1 Å². The van der Waals surface area contributed by atoms with Gasteiger partial charge in [0, 0.05) is 43.7 Å². The summed E-state index contributed by atoms with van der Waals surface area (Å²) in [5.74, 6) is 6.27. The fraction of sp³-hybridized carbons (Fsp3) is 0.583. The predicted molar refractivity (Wildman–Crippen MR) is 115 cm³/mol. The molecule has 1 atom stereocenters. The highest BCUT2D eigenvalue weighted by Gasteiger charge is 2.26. The van der Waals surface area contributed by atoms with E-state index in [2.05, 4.69) is 11.8 Å². The number of carbonyl (C=O) groups is 2. The summed E-state index contributed by atoms with van der Waals surface area (Å²) in [6.45, 7) is 7.30. The number of carbonyl (C=O) groups excluding carboxylic acids is 2. The zero-order chi connectivity index (χ0) is 21.6. The molecular weight excluding hydrogens is 380 g/mol. The van der Waals surface area contributed by atoms with Gasteiger partial charge in [-0.1, -0.05) is 17.9 Å². The highest BCUT2D eigenvalue weighted by atomic mass is 16.5. The lowest BCUT2D eigenvalue weighted by atomic mass is 9.92. The van der Waals surface area contributed by atoms with Crippen LogP contribution in [0.15, 0.2) is 24.3 Å². The summed E-state index contributed by atoms with van der Waals surface area (Å²) in [4.78, 5) is 29.2. The van der Waals surface area contributed by atoms with E-state index in [1.54, 1.807) is 19.9 Å². The summed E-state index contributed by atoms with van der Waals surface area (Å²) >= 11 is 0. The molecule has 0 aromatic heterocycles. The maximum atomic E-state index is 13.0. The van der Waals surface area contributed by atoms with Gasteiger partial charge in [0.25, 0.3) is 5.91 Å². The van der Waals surface area contributed by atoms with Crippen LogP contribution in [0.1, 0.15) is 55.5 Å². The molecule has 2 amide bonds. The third-order valence-electron chi connectivity index (χ3n) is 5.56. The molecular formula is C24H32N2O4. The van der Waals surface area contributed by atoms with E-state index < -0.39 is 5.60 Å². The van der Waals surface area contributed by atoms with Crippen molar-refractivity contribution in [2.75, 3.05) is 39.4 Å². The van der Waals surface area contributed by atoms with Crippen LogP contribution < -0.4 is 0 Å². The van der Waals surface area contributed by atoms with Crippen LogP contribution >= 0.6 is 0 Å². The summed E-state index contributed by atoms with van der Waals surface area (Å²) in [5, 5.41) is 9.78. The number of ether oxygens (including phenoxy) is 1. The number of hydrogen-bond donors (Lipinski definition) is 1. The Morgan fingerprint density at radius 1 is 1.20 bits per heavy atom. The van der Waals surface area contributed by atoms with E-state index in [0.29, 0.717) is 56.3 Å². The smallest absolute Gasteiger partial charge is 0.253 e. The van der Waals surface area contributed by atoms with Gasteiger partial charge < -0.3 is 19.6 Å². The van der Waals surface area contributed by atoms with Gasteiger partial charge in [-0.3, -0.25) is 9.59 Å². The minimum atomic E-state index is -1.07. The lowest BCUT2D eigenvalue weighted by Gasteiger charge is -2.33. The largest absolute Gasteiger partial charge is 0.378 e. The van der Waals surface area contributed by atoms with Crippen molar-refractivity contribution in [2.24, 2.45) is 5.92 Å². The fourth-order valence-electron chi connectivity index (χ4n) is 3.92. The molecule has 0 saturated carbocycles. The highest BCUT2D eigenvalue weighted by molar-refractivity contribution is 5.94. The van der Waals surface area contributed by atoms with E-state index in [1.165, 1.54) is 0 Å². The molecule has 1 aromatic carbocycles. The monoisotopic (exact) mass is 412 g/mol. The minimum absolute atomic E-state index is 0.00566. The summed E-state index contributed by atoms with van der Waals surface area (Å²) in [6.07, 6.45) is 3.36. The van der Waals surface area contributed by atoms with Gasteiger partial charge in [0.05, 0.1) is 13.2 Å². The number of morpholine rings is 1. The zero-order valence-electron chi connectivity index (χ0n) is 18.0. The highest BCUT2D eigenvalue weighted by Crippen LogP contribution is 2.23. The van der Waals surface area contributed by atoms with Gasteiger partial charge in [0.2, 0.25) is 5.91 Å². The number of aliphatic hydroxyl groups is 1. The van der Waals surface area contributed by atoms with E-state index in [1.807, 2.05) is 28.0 Å². The summed E-state index contributed by atoms with van der Waals surface area (Å²) in [6, 6.07) is 7.26. The van der Waals surface area contributed by atoms with Crippen LogP contribution in [0.4, 0.5) is 0 Å². The Hall–Kier alpha value is -2.36. The second-order valence-electron chi connectivity index (χ2n) is 8.68. The van der Waals surface area contributed by atoms with E-state index in [9.17, 15) is 14.7 Å². The number of amides is 2. The SMILES string of the molecule is CC(C)(O)C#Cc1cccc(C(=O)N2CCCC(CCC(=O)N3CCOCC3)C2)c1. The summed E-state index contributed by atoms with van der Waals surface area (Å²) < 4.78 is 5.31. The molecule has 30 heavy (non-hydrogen) atoms. The summed E-state index contributed by atoms with van der Waals surface area (Å²) in [5.41, 5.74) is 0.258. The predicted octanol–water partition coefficient (Wildman–Crippen LogP) is 2.30. The van der Waals surface area contributed by atoms with Crippen LogP contribution in [0.3, 0.4) is 0 Å². The second kappa shape index (κ2) is 10.1. The number of benzene rings is 1. The number of piperidine rings is 1. The van der Waals surface area contributed by atoms with Crippen LogP contribution in [0.25, 0.3) is 0 Å². The van der Waals surface area contributed by atoms with Gasteiger partial charge in [-0.05, 0) is 57.2 Å². The normalized spacial score (nSPS) is 19.8. The lowest BCUT2D eigenvalue weighted by Crippen LogP contribution is -2.42. The van der Waals surface area contributed by atoms with E-state index in [0.717, 1.165) is 25.8 Å². The molecule has 2 saturated heterocycles. The molecule has 1 N–H and O–H groups in total. The molecule has 2 heterocycles. The Balaban J connectivity index is 1.56. The average Bonchev–Trinajstić information content (AvgIpc) is 2.76. The maximum absolute atomic E-state index is 13.0. The first kappa shape index (κ1) is 22.3. The van der Waals surface area contributed by atoms with Crippen molar-refractivity contribution < 1.29 is 19.4 Å². The molecule has 0 bridgehead atoms. The van der Waals surface area contributed by atoms with Crippen LogP contribution in [0.2, 0.25) is 0 Å². The molecule has 162 valence electrons. The Morgan fingerprint density at radius 2 is 1.97 bits per heavy atom. The van der Waals surface area contributed by atoms with Gasteiger partial charge in [-0.25, -0.2) is 0 Å². The second-order valence-corrected chi connectivity index (χ2v) is 8.68. The fourth-order valence-corrected chi connectivity index (χ4v) is 3.92. The molecule has 2 aliphatic heterocycles. The molecule has 0 spiro atoms. The summed E-state index contributed by atoms with van der Waals surface area (Å²) in [7, 11) is 0. The first-order valence-corrected chi connectivity index (χ1v) is 10.8. The van der Waals surface area contributed by atoms with Crippen molar-refractivity contribution >= 4 is 11.8 Å². The maximum Gasteiger partial charge on any atom is 0.253 e. The number of nitrogens with zero attached hydrogens (tertiary/aromatic N) is 2. The van der Waals surface area contributed by atoms with Gasteiger partial charge in [0.15, 0.2) is 0 Å². The van der Waals surface area contributed by atoms with Gasteiger partial charge in [-0.2, -0.15) is 0 Å². The molecule has 0 aliphatic carbocycles. The third-order valence-corrected chi connectivity index (χ3v) is 5.56. The Bertz CT molecular complexity index is 812. The van der Waals surface area contributed by atoms with Crippen molar-refractivity contribution in [1.29, 1.82) is 0 Å². The minimum Gasteiger partial charge on any atom is -0.378 e. The van der Waals surface area contributed by atoms with Crippen LogP contribution in [0.5, 0.6) is 0 Å². The Labute approximate surface area is 179 Å². The molecule has 3 rings (SSSR count). The van der Waals surface area contributed by atoms with Crippen molar-refractivity contribution in [3.63, 3.8) is 0 Å². The number of rotatable bonds is 4. The van der Waals surface area contributed by atoms with Gasteiger partial charge >= 0.3 is 0 Å². The van der Waals surface area contributed by atoms with Crippen molar-refractivity contribution in [3.05, 3.63) is 35.4 Å². The lowest BCUT2D eigenvalue weighted by molar-refractivity contribution is -0.135. The van der Waals surface area contributed by atoms with E-state index in [4.69, 9.17) is 4.74 Å².